The van der Waals surface area contributed by atoms with Crippen LogP contribution in [0.15, 0.2) is 53.9 Å². The highest BCUT2D eigenvalue weighted by Crippen LogP contribution is 2.38. The molecule has 0 aliphatic carbocycles. The van der Waals surface area contributed by atoms with Gasteiger partial charge in [-0.15, -0.1) is 11.3 Å². The van der Waals surface area contributed by atoms with E-state index >= 15 is 0 Å². The van der Waals surface area contributed by atoms with E-state index in [-0.39, 0.29) is 43.1 Å². The minimum Gasteiger partial charge on any atom is -0.454 e. The molecule has 0 radical (unpaired) electrons. The maximum atomic E-state index is 13.8. The van der Waals surface area contributed by atoms with Crippen molar-refractivity contribution in [2.45, 2.75) is 38.8 Å². The quantitative estimate of drug-likeness (QED) is 0.482. The zero-order chi connectivity index (χ0) is 24.5. The van der Waals surface area contributed by atoms with E-state index in [0.717, 1.165) is 17.5 Å². The lowest BCUT2D eigenvalue weighted by atomic mass is 9.93. The molecule has 0 fully saturated rings. The molecule has 2 aliphatic heterocycles. The van der Waals surface area contributed by atoms with Crippen molar-refractivity contribution in [1.82, 2.24) is 9.80 Å². The summed E-state index contributed by atoms with van der Waals surface area (Å²) in [5, 5.41) is 2.03. The molecular weight excluding hydrogens is 467 g/mol. The Balaban J connectivity index is 1.43. The molecule has 3 aromatic rings. The molecule has 5 rings (SSSR count). The third-order valence-electron chi connectivity index (χ3n) is 6.78. The molecule has 0 saturated carbocycles. The number of thiophene rings is 1. The summed E-state index contributed by atoms with van der Waals surface area (Å²) in [6.45, 7) is 4.57. The third kappa shape index (κ3) is 4.50. The minimum atomic E-state index is -0.315. The number of hydrogen-bond donors (Lipinski definition) is 0. The van der Waals surface area contributed by atoms with Crippen LogP contribution in [0.25, 0.3) is 0 Å². The summed E-state index contributed by atoms with van der Waals surface area (Å²) in [7, 11) is 0. The molecule has 2 amide bonds. The average molecular weight is 495 g/mol. The predicted molar refractivity (Wildman–Crippen MR) is 131 cm³/mol. The Morgan fingerprint density at radius 2 is 1.91 bits per heavy atom. The summed E-state index contributed by atoms with van der Waals surface area (Å²) < 4.78 is 24.4. The summed E-state index contributed by atoms with van der Waals surface area (Å²) in [6.07, 6.45) is 1.47. The van der Waals surface area contributed by atoms with Crippen molar-refractivity contribution in [2.24, 2.45) is 0 Å². The highest BCUT2D eigenvalue weighted by Gasteiger charge is 2.35. The summed E-state index contributed by atoms with van der Waals surface area (Å²) in [5.41, 5.74) is 2.38. The Hall–Kier alpha value is -3.39. The van der Waals surface area contributed by atoms with Gasteiger partial charge in [0.1, 0.15) is 12.4 Å². The van der Waals surface area contributed by atoms with Crippen LogP contribution in [0.5, 0.6) is 11.5 Å². The number of ether oxygens (including phenoxy) is 2. The molecule has 182 valence electrons. The zero-order valence-corrected chi connectivity index (χ0v) is 20.5. The van der Waals surface area contributed by atoms with Crippen molar-refractivity contribution in [3.05, 3.63) is 81.3 Å². The number of hydrogen-bond acceptors (Lipinski definition) is 5. The van der Waals surface area contributed by atoms with Gasteiger partial charge in [0.2, 0.25) is 12.7 Å². The number of halogens is 1. The van der Waals surface area contributed by atoms with E-state index in [1.807, 2.05) is 30.2 Å². The Morgan fingerprint density at radius 1 is 1.14 bits per heavy atom. The molecule has 2 aromatic carbocycles. The van der Waals surface area contributed by atoms with Crippen LogP contribution in [-0.2, 0) is 11.2 Å². The highest BCUT2D eigenvalue weighted by atomic mass is 32.1. The van der Waals surface area contributed by atoms with E-state index in [2.05, 4.69) is 0 Å². The van der Waals surface area contributed by atoms with Gasteiger partial charge in [0.15, 0.2) is 11.5 Å². The molecule has 35 heavy (non-hydrogen) atoms. The molecule has 0 spiro atoms. The molecule has 0 bridgehead atoms. The molecule has 2 atom stereocenters. The van der Waals surface area contributed by atoms with Gasteiger partial charge in [-0.05, 0) is 72.7 Å². The van der Waals surface area contributed by atoms with Gasteiger partial charge in [-0.1, -0.05) is 19.1 Å². The van der Waals surface area contributed by atoms with E-state index in [1.165, 1.54) is 17.0 Å². The number of amides is 2. The smallest absolute Gasteiger partial charge is 0.254 e. The first kappa shape index (κ1) is 23.4. The van der Waals surface area contributed by atoms with Gasteiger partial charge in [0.05, 0.1) is 6.04 Å². The Kier molecular flexibility index (Phi) is 6.47. The van der Waals surface area contributed by atoms with Crippen molar-refractivity contribution < 1.29 is 23.5 Å². The van der Waals surface area contributed by atoms with Gasteiger partial charge < -0.3 is 19.3 Å². The molecule has 6 nitrogen and oxygen atoms in total. The first-order valence-corrected chi connectivity index (χ1v) is 12.7. The second-order valence-corrected chi connectivity index (χ2v) is 9.85. The van der Waals surface area contributed by atoms with Crippen LogP contribution in [0.2, 0.25) is 0 Å². The van der Waals surface area contributed by atoms with Gasteiger partial charge in [-0.2, -0.15) is 0 Å². The maximum Gasteiger partial charge on any atom is 0.254 e. The van der Waals surface area contributed by atoms with Crippen LogP contribution in [0.1, 0.15) is 52.7 Å². The normalized spacial score (nSPS) is 17.1. The fraction of sp³-hybridized carbons (Fsp3) is 0.333. The van der Waals surface area contributed by atoms with E-state index in [0.29, 0.717) is 30.0 Å². The standard InChI is InChI=1S/C27H27FN2O4S/c1-3-17(2)30(27(32)19-6-9-22-23(14-19)34-16-33-22)15-25(31)29-12-10-24-21(11-13-35-24)26(29)18-4-7-20(28)8-5-18/h4-9,11,13-14,17,26H,3,10,12,15-16H2,1-2H3. The predicted octanol–water partition coefficient (Wildman–Crippen LogP) is 5.03. The van der Waals surface area contributed by atoms with Gasteiger partial charge in [-0.25, -0.2) is 4.39 Å². The second kappa shape index (κ2) is 9.70. The average Bonchev–Trinajstić information content (AvgIpc) is 3.55. The number of rotatable bonds is 6. The van der Waals surface area contributed by atoms with Crippen LogP contribution >= 0.6 is 11.3 Å². The Bertz CT molecular complexity index is 1240. The van der Waals surface area contributed by atoms with E-state index in [9.17, 15) is 14.0 Å². The fourth-order valence-corrected chi connectivity index (χ4v) is 5.57. The summed E-state index contributed by atoms with van der Waals surface area (Å²) in [6, 6.07) is 13.0. The van der Waals surface area contributed by atoms with Crippen molar-refractivity contribution in [3.8, 4) is 11.5 Å². The molecule has 1 aromatic heterocycles. The Labute approximate surface area is 207 Å². The molecule has 8 heteroatoms. The van der Waals surface area contributed by atoms with Crippen LogP contribution < -0.4 is 9.47 Å². The Morgan fingerprint density at radius 3 is 2.69 bits per heavy atom. The minimum absolute atomic E-state index is 0.0422. The summed E-state index contributed by atoms with van der Waals surface area (Å²) in [5.74, 6) is 0.465. The summed E-state index contributed by atoms with van der Waals surface area (Å²) in [4.78, 5) is 32.0. The van der Waals surface area contributed by atoms with Crippen molar-refractivity contribution in [3.63, 3.8) is 0 Å². The lowest BCUT2D eigenvalue weighted by molar-refractivity contribution is -0.134. The maximum absolute atomic E-state index is 13.8. The first-order valence-electron chi connectivity index (χ1n) is 11.8. The highest BCUT2D eigenvalue weighted by molar-refractivity contribution is 7.10. The lowest BCUT2D eigenvalue weighted by Crippen LogP contribution is -2.49. The van der Waals surface area contributed by atoms with Crippen LogP contribution in [-0.4, -0.2) is 47.5 Å². The first-order chi connectivity index (χ1) is 17.0. The number of nitrogens with zero attached hydrogens (tertiary/aromatic N) is 2. The van der Waals surface area contributed by atoms with Crippen LogP contribution in [0, 0.1) is 5.82 Å². The van der Waals surface area contributed by atoms with Crippen molar-refractivity contribution in [2.75, 3.05) is 19.9 Å². The van der Waals surface area contributed by atoms with Crippen LogP contribution in [0.3, 0.4) is 0 Å². The van der Waals surface area contributed by atoms with Gasteiger partial charge in [0, 0.05) is 23.0 Å². The van der Waals surface area contributed by atoms with E-state index in [4.69, 9.17) is 9.47 Å². The monoisotopic (exact) mass is 494 g/mol. The fourth-order valence-electron chi connectivity index (χ4n) is 4.67. The molecule has 2 unspecified atom stereocenters. The number of benzene rings is 2. The van der Waals surface area contributed by atoms with Crippen molar-refractivity contribution >= 4 is 23.2 Å². The zero-order valence-electron chi connectivity index (χ0n) is 19.7. The molecular formula is C27H27FN2O4S. The van der Waals surface area contributed by atoms with Crippen LogP contribution in [0.4, 0.5) is 4.39 Å². The second-order valence-electron chi connectivity index (χ2n) is 8.85. The molecule has 0 saturated heterocycles. The largest absolute Gasteiger partial charge is 0.454 e. The van der Waals surface area contributed by atoms with Crippen molar-refractivity contribution in [1.29, 1.82) is 0 Å². The van der Waals surface area contributed by atoms with Gasteiger partial charge in [0.25, 0.3) is 5.91 Å². The topological polar surface area (TPSA) is 59.1 Å². The summed E-state index contributed by atoms with van der Waals surface area (Å²) >= 11 is 1.68. The van der Waals surface area contributed by atoms with E-state index < -0.39 is 0 Å². The number of fused-ring (bicyclic) bond motifs is 2. The molecule has 2 aliphatic rings. The van der Waals surface area contributed by atoms with Gasteiger partial charge in [-0.3, -0.25) is 9.59 Å². The SMILES string of the molecule is CCC(C)N(CC(=O)N1CCc2sccc2C1c1ccc(F)cc1)C(=O)c1ccc2c(c1)OCO2. The third-order valence-corrected chi connectivity index (χ3v) is 7.78. The molecule has 0 N–H and O–H groups in total. The lowest BCUT2D eigenvalue weighted by Gasteiger charge is -2.38. The molecule has 3 heterocycles. The van der Waals surface area contributed by atoms with Gasteiger partial charge >= 0.3 is 0 Å². The number of carbonyl (C=O) groups excluding carboxylic acids is 2. The van der Waals surface area contributed by atoms with E-state index in [1.54, 1.807) is 46.6 Å². The number of carbonyl (C=O) groups is 2.